The maximum Gasteiger partial charge on any atom is 0.164 e. The molecule has 0 spiro atoms. The highest BCUT2D eigenvalue weighted by Crippen LogP contribution is 2.57. The van der Waals surface area contributed by atoms with E-state index in [1.54, 1.807) is 0 Å². The lowest BCUT2D eigenvalue weighted by Crippen LogP contribution is -2.27. The highest BCUT2D eigenvalue weighted by molar-refractivity contribution is 7.25. The SMILES string of the molecule is c1ccc(-c2nc(-c3ccc4c(c3)C3c5ccccc5C4c4cc(-c5nc(-c6ccccc6)nc(-c6ccccc6)n5)ccc43)cc(-c3ccccc3-c3ccc4sc5ccccc5c4c3)n2)cc1. The Morgan fingerprint density at radius 1 is 0.261 bits per heavy atom. The molecule has 6 heteroatoms. The maximum absolute atomic E-state index is 5.34. The first-order chi connectivity index (χ1) is 34.2. The van der Waals surface area contributed by atoms with E-state index in [1.165, 1.54) is 53.6 Å². The molecule has 15 rings (SSSR count). The van der Waals surface area contributed by atoms with Crippen LogP contribution in [0.25, 0.3) is 99.4 Å². The van der Waals surface area contributed by atoms with Crippen LogP contribution in [0.4, 0.5) is 0 Å². The minimum Gasteiger partial charge on any atom is -0.228 e. The molecule has 2 bridgehead atoms. The summed E-state index contributed by atoms with van der Waals surface area (Å²) in [4.78, 5) is 25.9. The van der Waals surface area contributed by atoms with Crippen LogP contribution in [0.5, 0.6) is 0 Å². The van der Waals surface area contributed by atoms with Gasteiger partial charge in [-0.25, -0.2) is 24.9 Å². The molecular weight excluding hydrogens is 859 g/mol. The molecule has 0 amide bonds. The smallest absolute Gasteiger partial charge is 0.164 e. The third-order valence-corrected chi connectivity index (χ3v) is 15.1. The highest BCUT2D eigenvalue weighted by atomic mass is 32.1. The number of hydrogen-bond donors (Lipinski definition) is 0. The van der Waals surface area contributed by atoms with Crippen molar-refractivity contribution in [2.45, 2.75) is 11.8 Å². The van der Waals surface area contributed by atoms with E-state index in [4.69, 9.17) is 24.9 Å². The molecule has 3 aromatic heterocycles. The molecule has 0 saturated heterocycles. The second kappa shape index (κ2) is 16.0. The van der Waals surface area contributed by atoms with Gasteiger partial charge in [0.2, 0.25) is 0 Å². The van der Waals surface area contributed by atoms with Crippen molar-refractivity contribution >= 4 is 31.5 Å². The summed E-state index contributed by atoms with van der Waals surface area (Å²) in [7, 11) is 0. The van der Waals surface area contributed by atoms with Gasteiger partial charge < -0.3 is 0 Å². The lowest BCUT2D eigenvalue weighted by atomic mass is 9.60. The van der Waals surface area contributed by atoms with E-state index in [0.717, 1.165) is 55.9 Å². The molecule has 0 N–H and O–H groups in total. The third kappa shape index (κ3) is 6.63. The zero-order valence-corrected chi connectivity index (χ0v) is 38.0. The topological polar surface area (TPSA) is 64.5 Å². The highest BCUT2D eigenvalue weighted by Gasteiger charge is 2.41. The van der Waals surface area contributed by atoms with Crippen LogP contribution in [-0.2, 0) is 0 Å². The zero-order valence-electron chi connectivity index (χ0n) is 37.2. The Balaban J connectivity index is 0.895. The molecule has 69 heavy (non-hydrogen) atoms. The fourth-order valence-electron chi connectivity index (χ4n) is 10.8. The maximum atomic E-state index is 5.34. The van der Waals surface area contributed by atoms with Crippen molar-refractivity contribution in [3.8, 4) is 79.2 Å². The monoisotopic (exact) mass is 897 g/mol. The third-order valence-electron chi connectivity index (χ3n) is 13.9. The van der Waals surface area contributed by atoms with Crippen LogP contribution in [0.1, 0.15) is 45.2 Å². The molecule has 12 aromatic rings. The van der Waals surface area contributed by atoms with Gasteiger partial charge in [-0.05, 0) is 80.9 Å². The van der Waals surface area contributed by atoms with Crippen molar-refractivity contribution < 1.29 is 0 Å². The minimum atomic E-state index is 0.0413. The van der Waals surface area contributed by atoms with Crippen molar-refractivity contribution in [3.05, 3.63) is 258 Å². The average Bonchev–Trinajstić information content (AvgIpc) is 3.81. The number of thiophene rings is 1. The molecule has 0 aliphatic heterocycles. The summed E-state index contributed by atoms with van der Waals surface area (Å²) in [6.45, 7) is 0. The van der Waals surface area contributed by atoms with E-state index >= 15 is 0 Å². The van der Waals surface area contributed by atoms with Crippen LogP contribution < -0.4 is 0 Å². The molecule has 3 heterocycles. The number of aromatic nitrogens is 5. The Bertz CT molecular complexity index is 3920. The normalized spacial score (nSPS) is 14.4. The molecule has 2 unspecified atom stereocenters. The fraction of sp³-hybridized carbons (Fsp3) is 0.0317. The van der Waals surface area contributed by atoms with Gasteiger partial charge >= 0.3 is 0 Å². The van der Waals surface area contributed by atoms with Gasteiger partial charge in [0.15, 0.2) is 23.3 Å². The Kier molecular flexibility index (Phi) is 9.14. The zero-order chi connectivity index (χ0) is 45.4. The van der Waals surface area contributed by atoms with E-state index in [1.807, 2.05) is 53.8 Å². The largest absolute Gasteiger partial charge is 0.228 e. The van der Waals surface area contributed by atoms with E-state index in [2.05, 4.69) is 182 Å². The standard InChI is InChI=1S/C63H39N5S/c1-4-16-38(17-5-1)60-64-54(37-55(65-60)45-23-11-10-22-44(45)41-30-33-57-51(34-41)46-24-14-15-27-56(46)69-57)42-28-31-49-52(35-42)58-47-25-12-13-26-48(47)59(49)53-36-43(29-32-50(53)58)63-67-61(39-18-6-2-7-19-39)66-62(68-63)40-20-8-3-9-21-40/h1-37,58-59H. The number of fused-ring (bicyclic) bond motifs is 3. The van der Waals surface area contributed by atoms with Gasteiger partial charge in [-0.3, -0.25) is 0 Å². The summed E-state index contributed by atoms with van der Waals surface area (Å²) in [5.74, 6) is 2.75. The van der Waals surface area contributed by atoms with E-state index in [9.17, 15) is 0 Å². The van der Waals surface area contributed by atoms with Gasteiger partial charge in [0.1, 0.15) is 0 Å². The first-order valence-corrected chi connectivity index (χ1v) is 24.2. The van der Waals surface area contributed by atoms with E-state index in [-0.39, 0.29) is 11.8 Å². The van der Waals surface area contributed by atoms with Crippen LogP contribution in [0.3, 0.4) is 0 Å². The summed E-state index contributed by atoms with van der Waals surface area (Å²) in [6, 6.07) is 79.9. The van der Waals surface area contributed by atoms with Crippen molar-refractivity contribution in [2.24, 2.45) is 0 Å². The fourth-order valence-corrected chi connectivity index (χ4v) is 11.8. The Hall–Kier alpha value is -8.71. The predicted molar refractivity (Wildman–Crippen MR) is 281 cm³/mol. The first-order valence-electron chi connectivity index (χ1n) is 23.4. The van der Waals surface area contributed by atoms with Crippen LogP contribution in [0, 0.1) is 0 Å². The average molecular weight is 898 g/mol. The molecule has 0 saturated carbocycles. The van der Waals surface area contributed by atoms with Gasteiger partial charge in [-0.15, -0.1) is 11.3 Å². The quantitative estimate of drug-likeness (QED) is 0.159. The van der Waals surface area contributed by atoms with Crippen molar-refractivity contribution in [1.29, 1.82) is 0 Å². The van der Waals surface area contributed by atoms with E-state index < -0.39 is 0 Å². The Morgan fingerprint density at radius 2 is 0.710 bits per heavy atom. The van der Waals surface area contributed by atoms with Gasteiger partial charge in [-0.1, -0.05) is 188 Å². The van der Waals surface area contributed by atoms with Crippen LogP contribution in [0.2, 0.25) is 0 Å². The molecule has 5 nitrogen and oxygen atoms in total. The molecule has 9 aromatic carbocycles. The van der Waals surface area contributed by atoms with Gasteiger partial charge in [-0.2, -0.15) is 0 Å². The summed E-state index contributed by atoms with van der Waals surface area (Å²) in [5.41, 5.74) is 18.0. The van der Waals surface area contributed by atoms with Crippen LogP contribution in [-0.4, -0.2) is 24.9 Å². The molecule has 2 atom stereocenters. The summed E-state index contributed by atoms with van der Waals surface area (Å²) in [5, 5.41) is 2.57. The molecule has 3 aliphatic carbocycles. The Morgan fingerprint density at radius 3 is 1.35 bits per heavy atom. The van der Waals surface area contributed by atoms with Crippen molar-refractivity contribution in [2.75, 3.05) is 0 Å². The van der Waals surface area contributed by atoms with Gasteiger partial charge in [0.25, 0.3) is 0 Å². The minimum absolute atomic E-state index is 0.0413. The Labute approximate surface area is 403 Å². The summed E-state index contributed by atoms with van der Waals surface area (Å²) >= 11 is 1.84. The summed E-state index contributed by atoms with van der Waals surface area (Å²) in [6.07, 6.45) is 0. The second-order valence-corrected chi connectivity index (χ2v) is 19.0. The lowest BCUT2D eigenvalue weighted by Gasteiger charge is -2.42. The first kappa shape index (κ1) is 39.5. The van der Waals surface area contributed by atoms with Crippen molar-refractivity contribution in [3.63, 3.8) is 0 Å². The number of rotatable bonds is 7. The van der Waals surface area contributed by atoms with Crippen molar-refractivity contribution in [1.82, 2.24) is 24.9 Å². The lowest BCUT2D eigenvalue weighted by molar-refractivity contribution is 0.754. The summed E-state index contributed by atoms with van der Waals surface area (Å²) < 4.78 is 2.59. The number of nitrogens with zero attached hydrogens (tertiary/aromatic N) is 5. The molecule has 0 fully saturated rings. The van der Waals surface area contributed by atoms with Gasteiger partial charge in [0.05, 0.1) is 11.4 Å². The second-order valence-electron chi connectivity index (χ2n) is 17.9. The predicted octanol–water partition coefficient (Wildman–Crippen LogP) is 15.7. The molecule has 0 radical (unpaired) electrons. The van der Waals surface area contributed by atoms with E-state index in [0.29, 0.717) is 23.3 Å². The number of benzene rings is 9. The molecule has 3 aliphatic rings. The van der Waals surface area contributed by atoms with Crippen LogP contribution >= 0.6 is 11.3 Å². The number of hydrogen-bond acceptors (Lipinski definition) is 6. The molecule has 322 valence electrons. The molecular formula is C63H39N5S. The van der Waals surface area contributed by atoms with Gasteiger partial charge in [0, 0.05) is 65.4 Å². The van der Waals surface area contributed by atoms with Crippen LogP contribution in [0.15, 0.2) is 224 Å².